The van der Waals surface area contributed by atoms with Gasteiger partial charge < -0.3 is 20.6 Å². The molecule has 0 saturated carbocycles. The quantitative estimate of drug-likeness (QED) is 0.283. The van der Waals surface area contributed by atoms with Crippen LogP contribution in [0.4, 0.5) is 20.6 Å². The van der Waals surface area contributed by atoms with Gasteiger partial charge in [0.25, 0.3) is 17.5 Å². The van der Waals surface area contributed by atoms with E-state index in [0.717, 1.165) is 21.9 Å². The number of anilines is 1. The molecule has 2 atom stereocenters. The molecule has 1 fully saturated rings. The number of nitrogens with zero attached hydrogens (tertiary/aromatic N) is 4. The Labute approximate surface area is 226 Å². The standard InChI is InChI=1S/C26H23FN6O7/c27-18-6-2-7-19(13-18)29-26(38)32-11-10-31(25(37)17-5-3-9-28-15-17)24(32)23(36)30-21(14-22(34)35)16-4-1-8-20(12-16)33(39)40/h1-9,12-13,15,21,24H,10-11,14H2,(H,29,38)(H,30,36)(H,34,35). The van der Waals surface area contributed by atoms with E-state index in [1.807, 2.05) is 0 Å². The number of non-ortho nitro benzene ring substituents is 1. The number of rotatable bonds is 8. The Bertz CT molecular complexity index is 1450. The largest absolute Gasteiger partial charge is 0.481 e. The summed E-state index contributed by atoms with van der Waals surface area (Å²) in [4.78, 5) is 68.5. The van der Waals surface area contributed by atoms with Crippen LogP contribution < -0.4 is 10.6 Å². The smallest absolute Gasteiger partial charge is 0.323 e. The van der Waals surface area contributed by atoms with E-state index in [0.29, 0.717) is 0 Å². The van der Waals surface area contributed by atoms with E-state index >= 15 is 0 Å². The number of aromatic nitrogens is 1. The summed E-state index contributed by atoms with van der Waals surface area (Å²) in [5.74, 6) is -3.41. The zero-order valence-electron chi connectivity index (χ0n) is 20.8. The molecule has 206 valence electrons. The van der Waals surface area contributed by atoms with Gasteiger partial charge in [0, 0.05) is 43.3 Å². The van der Waals surface area contributed by atoms with Crippen molar-refractivity contribution in [2.45, 2.75) is 18.6 Å². The molecule has 3 N–H and O–H groups in total. The average Bonchev–Trinajstić information content (AvgIpc) is 3.38. The maximum absolute atomic E-state index is 13.7. The third kappa shape index (κ3) is 6.35. The van der Waals surface area contributed by atoms with Gasteiger partial charge >= 0.3 is 12.0 Å². The first-order valence-electron chi connectivity index (χ1n) is 11.9. The monoisotopic (exact) mass is 550 g/mol. The fraction of sp³-hybridized carbons (Fsp3) is 0.192. The minimum absolute atomic E-state index is 0.0528. The molecule has 1 saturated heterocycles. The van der Waals surface area contributed by atoms with E-state index in [-0.39, 0.29) is 35.6 Å². The summed E-state index contributed by atoms with van der Waals surface area (Å²) in [5.41, 5.74) is 0.0892. The third-order valence-electron chi connectivity index (χ3n) is 6.09. The first-order valence-corrected chi connectivity index (χ1v) is 11.9. The van der Waals surface area contributed by atoms with E-state index in [4.69, 9.17) is 0 Å². The Hall–Kier alpha value is -5.40. The molecular weight excluding hydrogens is 527 g/mol. The van der Waals surface area contributed by atoms with Crippen LogP contribution in [0.25, 0.3) is 0 Å². The fourth-order valence-electron chi connectivity index (χ4n) is 4.28. The van der Waals surface area contributed by atoms with E-state index in [9.17, 15) is 38.8 Å². The number of amides is 4. The predicted octanol–water partition coefficient (Wildman–Crippen LogP) is 2.78. The summed E-state index contributed by atoms with van der Waals surface area (Å²) in [7, 11) is 0. The van der Waals surface area contributed by atoms with Gasteiger partial charge in [-0.1, -0.05) is 18.2 Å². The summed E-state index contributed by atoms with van der Waals surface area (Å²) < 4.78 is 13.7. The lowest BCUT2D eigenvalue weighted by atomic mass is 10.0. The van der Waals surface area contributed by atoms with Gasteiger partial charge in [-0.15, -0.1) is 0 Å². The zero-order chi connectivity index (χ0) is 28.8. The second-order valence-electron chi connectivity index (χ2n) is 8.76. The van der Waals surface area contributed by atoms with Crippen LogP contribution in [0.3, 0.4) is 0 Å². The highest BCUT2D eigenvalue weighted by atomic mass is 19.1. The molecule has 40 heavy (non-hydrogen) atoms. The number of hydrogen-bond donors (Lipinski definition) is 3. The Balaban J connectivity index is 1.66. The van der Waals surface area contributed by atoms with Gasteiger partial charge in [-0.05, 0) is 35.9 Å². The van der Waals surface area contributed by atoms with Gasteiger partial charge in [-0.2, -0.15) is 0 Å². The number of nitro benzene ring substituents is 1. The average molecular weight is 551 g/mol. The summed E-state index contributed by atoms with van der Waals surface area (Å²) in [6, 6.07) is 11.2. The number of halogens is 1. The van der Waals surface area contributed by atoms with E-state index < -0.39 is 53.2 Å². The van der Waals surface area contributed by atoms with Crippen LogP contribution >= 0.6 is 0 Å². The number of pyridine rings is 1. The van der Waals surface area contributed by atoms with Crippen LogP contribution in [0, 0.1) is 15.9 Å². The van der Waals surface area contributed by atoms with Crippen molar-refractivity contribution in [3.8, 4) is 0 Å². The molecule has 0 aliphatic carbocycles. The predicted molar refractivity (Wildman–Crippen MR) is 137 cm³/mol. The SMILES string of the molecule is O=C(O)CC(NC(=O)C1N(C(=O)Nc2cccc(F)c2)CCN1C(=O)c1cccnc1)c1cccc([N+](=O)[O-])c1. The number of nitro groups is 1. The van der Waals surface area contributed by atoms with Crippen LogP contribution in [0.2, 0.25) is 0 Å². The third-order valence-corrected chi connectivity index (χ3v) is 6.09. The second kappa shape index (κ2) is 12.0. The lowest BCUT2D eigenvalue weighted by Crippen LogP contribution is -2.55. The van der Waals surface area contributed by atoms with Crippen LogP contribution in [0.15, 0.2) is 73.1 Å². The number of carbonyl (C=O) groups is 4. The van der Waals surface area contributed by atoms with Crippen LogP contribution in [-0.4, -0.2) is 67.9 Å². The highest BCUT2D eigenvalue weighted by molar-refractivity contribution is 6.00. The number of carboxylic acids is 1. The van der Waals surface area contributed by atoms with Crippen molar-refractivity contribution >= 4 is 35.2 Å². The minimum atomic E-state index is -1.53. The topological polar surface area (TPSA) is 175 Å². The summed E-state index contributed by atoms with van der Waals surface area (Å²) in [6.45, 7) is -0.131. The lowest BCUT2D eigenvalue weighted by Gasteiger charge is -2.30. The summed E-state index contributed by atoms with van der Waals surface area (Å²) in [6.07, 6.45) is 0.588. The van der Waals surface area contributed by atoms with E-state index in [1.165, 1.54) is 60.9 Å². The molecule has 1 aliphatic rings. The molecule has 0 radical (unpaired) electrons. The highest BCUT2D eigenvalue weighted by Gasteiger charge is 2.44. The molecule has 14 heteroatoms. The highest BCUT2D eigenvalue weighted by Crippen LogP contribution is 2.25. The van der Waals surface area contributed by atoms with Crippen molar-refractivity contribution in [2.75, 3.05) is 18.4 Å². The van der Waals surface area contributed by atoms with Gasteiger partial charge in [0.2, 0.25) is 0 Å². The Morgan fingerprint density at radius 2 is 1.82 bits per heavy atom. The van der Waals surface area contributed by atoms with E-state index in [1.54, 1.807) is 0 Å². The van der Waals surface area contributed by atoms with Crippen molar-refractivity contribution < 1.29 is 33.6 Å². The molecule has 0 bridgehead atoms. The number of nitrogens with one attached hydrogen (secondary N) is 2. The fourth-order valence-corrected chi connectivity index (χ4v) is 4.28. The normalized spacial score (nSPS) is 15.3. The van der Waals surface area contributed by atoms with Crippen molar-refractivity contribution in [1.82, 2.24) is 20.1 Å². The number of benzene rings is 2. The molecule has 4 amide bonds. The number of aliphatic carboxylic acids is 1. The van der Waals surface area contributed by atoms with Crippen molar-refractivity contribution in [3.63, 3.8) is 0 Å². The van der Waals surface area contributed by atoms with Crippen LogP contribution in [0.1, 0.15) is 28.4 Å². The van der Waals surface area contributed by atoms with Gasteiger partial charge in [0.05, 0.1) is 22.9 Å². The van der Waals surface area contributed by atoms with Crippen molar-refractivity contribution in [2.24, 2.45) is 0 Å². The number of hydrogen-bond acceptors (Lipinski definition) is 7. The second-order valence-corrected chi connectivity index (χ2v) is 8.76. The zero-order valence-corrected chi connectivity index (χ0v) is 20.8. The van der Waals surface area contributed by atoms with Gasteiger partial charge in [-0.25, -0.2) is 9.18 Å². The molecule has 2 aromatic carbocycles. The number of urea groups is 1. The molecule has 3 aromatic rings. The molecule has 2 unspecified atom stereocenters. The Morgan fingerprint density at radius 1 is 1.07 bits per heavy atom. The molecular formula is C26H23FN6O7. The van der Waals surface area contributed by atoms with Gasteiger partial charge in [0.1, 0.15) is 5.82 Å². The van der Waals surface area contributed by atoms with Gasteiger partial charge in [0.15, 0.2) is 6.17 Å². The number of carboxylic acid groups (broad SMARTS) is 1. The first-order chi connectivity index (χ1) is 19.1. The number of carbonyl (C=O) groups excluding carboxylic acids is 3. The van der Waals surface area contributed by atoms with Crippen molar-refractivity contribution in [3.05, 3.63) is 100 Å². The van der Waals surface area contributed by atoms with E-state index in [2.05, 4.69) is 15.6 Å². The first kappa shape index (κ1) is 27.6. The molecule has 2 heterocycles. The molecule has 1 aromatic heterocycles. The lowest BCUT2D eigenvalue weighted by molar-refractivity contribution is -0.384. The van der Waals surface area contributed by atoms with Gasteiger partial charge in [-0.3, -0.25) is 34.4 Å². The Morgan fingerprint density at radius 3 is 2.50 bits per heavy atom. The molecule has 13 nitrogen and oxygen atoms in total. The van der Waals surface area contributed by atoms with Crippen LogP contribution in [-0.2, 0) is 9.59 Å². The summed E-state index contributed by atoms with van der Waals surface area (Å²) in [5, 5.41) is 25.7. The van der Waals surface area contributed by atoms with Crippen molar-refractivity contribution in [1.29, 1.82) is 0 Å². The molecule has 4 rings (SSSR count). The maximum atomic E-state index is 13.7. The maximum Gasteiger partial charge on any atom is 0.323 e. The molecule has 1 aliphatic heterocycles. The summed E-state index contributed by atoms with van der Waals surface area (Å²) >= 11 is 0. The van der Waals surface area contributed by atoms with Crippen LogP contribution in [0.5, 0.6) is 0 Å². The Kier molecular flexibility index (Phi) is 8.27. The molecule has 0 spiro atoms. The minimum Gasteiger partial charge on any atom is -0.481 e.